The van der Waals surface area contributed by atoms with Gasteiger partial charge in [-0.1, -0.05) is 6.07 Å². The Balaban J connectivity index is 2.97. The summed E-state index contributed by atoms with van der Waals surface area (Å²) in [4.78, 5) is 0.233. The first-order valence-corrected chi connectivity index (χ1v) is 9.25. The second kappa shape index (κ2) is 5.81. The van der Waals surface area contributed by atoms with Crippen LogP contribution in [0, 0.1) is 48.5 Å². The van der Waals surface area contributed by atoms with E-state index in [4.69, 9.17) is 0 Å². The molecule has 2 rings (SSSR count). The van der Waals surface area contributed by atoms with Crippen LogP contribution in [0.3, 0.4) is 0 Å². The smallest absolute Gasteiger partial charge is 0.207 e. The molecule has 0 aromatic heterocycles. The Morgan fingerprint density at radius 2 is 1.12 bits per heavy atom. The zero-order chi connectivity index (χ0) is 18.6. The van der Waals surface area contributed by atoms with Crippen molar-refractivity contribution in [3.8, 4) is 11.5 Å². The van der Waals surface area contributed by atoms with E-state index >= 15 is 0 Å². The molecular formula is C19H24O4S. The number of aromatic hydroxyl groups is 2. The maximum Gasteiger partial charge on any atom is 0.207 e. The first-order chi connectivity index (χ1) is 10.9. The lowest BCUT2D eigenvalue weighted by atomic mass is 9.99. The maximum absolute atomic E-state index is 13.4. The van der Waals surface area contributed by atoms with Gasteiger partial charge in [-0.05, 0) is 76.3 Å². The van der Waals surface area contributed by atoms with Gasteiger partial charge >= 0.3 is 0 Å². The Morgan fingerprint density at radius 1 is 0.625 bits per heavy atom. The third-order valence-electron chi connectivity index (χ3n) is 4.91. The van der Waals surface area contributed by atoms with Crippen molar-refractivity contribution < 1.29 is 18.6 Å². The molecular weight excluding hydrogens is 324 g/mol. The summed E-state index contributed by atoms with van der Waals surface area (Å²) in [5, 5.41) is 20.5. The van der Waals surface area contributed by atoms with Gasteiger partial charge in [0, 0.05) is 11.1 Å². The molecule has 0 bridgehead atoms. The van der Waals surface area contributed by atoms with Crippen LogP contribution in [0.15, 0.2) is 15.9 Å². The molecule has 0 radical (unpaired) electrons. The minimum Gasteiger partial charge on any atom is -0.507 e. The highest BCUT2D eigenvalue weighted by Crippen LogP contribution is 2.40. The Labute approximate surface area is 143 Å². The van der Waals surface area contributed by atoms with Crippen LogP contribution in [0.4, 0.5) is 0 Å². The molecule has 0 spiro atoms. The molecule has 0 aliphatic rings. The summed E-state index contributed by atoms with van der Waals surface area (Å²) in [6, 6.07) is 1.67. The van der Waals surface area contributed by atoms with Crippen molar-refractivity contribution in [2.45, 2.75) is 58.3 Å². The van der Waals surface area contributed by atoms with Gasteiger partial charge in [-0.3, -0.25) is 0 Å². The van der Waals surface area contributed by atoms with Crippen LogP contribution in [0.1, 0.15) is 38.9 Å². The van der Waals surface area contributed by atoms with Crippen molar-refractivity contribution in [3.63, 3.8) is 0 Å². The second-order valence-electron chi connectivity index (χ2n) is 6.49. The Morgan fingerprint density at radius 3 is 1.67 bits per heavy atom. The lowest BCUT2D eigenvalue weighted by Crippen LogP contribution is -2.12. The van der Waals surface area contributed by atoms with Gasteiger partial charge in [0.2, 0.25) is 9.84 Å². The molecule has 2 aromatic carbocycles. The van der Waals surface area contributed by atoms with Crippen LogP contribution in [-0.4, -0.2) is 18.6 Å². The number of sulfone groups is 1. The number of phenols is 2. The summed E-state index contributed by atoms with van der Waals surface area (Å²) in [5.74, 6) is -0.00847. The minimum atomic E-state index is -3.88. The molecule has 2 N–H and O–H groups in total. The predicted molar refractivity (Wildman–Crippen MR) is 94.8 cm³/mol. The zero-order valence-electron chi connectivity index (χ0n) is 15.2. The monoisotopic (exact) mass is 348 g/mol. The summed E-state index contributed by atoms with van der Waals surface area (Å²) in [5.41, 5.74) is 3.97. The predicted octanol–water partition coefficient (Wildman–Crippen LogP) is 4.09. The largest absolute Gasteiger partial charge is 0.507 e. The topological polar surface area (TPSA) is 74.6 Å². The molecule has 5 heteroatoms. The van der Waals surface area contributed by atoms with E-state index in [0.29, 0.717) is 33.4 Å². The van der Waals surface area contributed by atoms with Crippen molar-refractivity contribution >= 4 is 9.84 Å². The SMILES string of the molecule is Cc1cc(C)c(S(=O)(=O)c2c(C)c(C)c(C)c(O)c2C)c(C)c1O. The third-order valence-corrected chi connectivity index (χ3v) is 7.23. The summed E-state index contributed by atoms with van der Waals surface area (Å²) in [6.07, 6.45) is 0. The number of aryl methyl sites for hydroxylation is 2. The number of benzene rings is 2. The number of phenolic OH excluding ortho intramolecular Hbond substituents is 2. The molecule has 0 heterocycles. The normalized spacial score (nSPS) is 11.8. The van der Waals surface area contributed by atoms with Gasteiger partial charge in [0.05, 0.1) is 9.79 Å². The molecule has 0 aliphatic heterocycles. The molecule has 0 fully saturated rings. The molecule has 0 amide bonds. The fraction of sp³-hybridized carbons (Fsp3) is 0.368. The number of hydrogen-bond donors (Lipinski definition) is 2. The highest BCUT2D eigenvalue weighted by Gasteiger charge is 2.30. The molecule has 130 valence electrons. The summed E-state index contributed by atoms with van der Waals surface area (Å²) in [6.45, 7) is 12.0. The lowest BCUT2D eigenvalue weighted by Gasteiger charge is -2.20. The molecule has 0 saturated heterocycles. The summed E-state index contributed by atoms with van der Waals surface area (Å²) >= 11 is 0. The summed E-state index contributed by atoms with van der Waals surface area (Å²) in [7, 11) is -3.88. The van der Waals surface area contributed by atoms with Crippen molar-refractivity contribution in [2.24, 2.45) is 0 Å². The van der Waals surface area contributed by atoms with Crippen LogP contribution in [0.2, 0.25) is 0 Å². The molecule has 2 aromatic rings. The van der Waals surface area contributed by atoms with E-state index in [1.165, 1.54) is 0 Å². The number of hydrogen-bond acceptors (Lipinski definition) is 4. The molecule has 0 unspecified atom stereocenters. The van der Waals surface area contributed by atoms with Crippen LogP contribution >= 0.6 is 0 Å². The first kappa shape index (κ1) is 18.3. The van der Waals surface area contributed by atoms with Crippen molar-refractivity contribution in [1.29, 1.82) is 0 Å². The molecule has 0 aliphatic carbocycles. The number of rotatable bonds is 2. The van der Waals surface area contributed by atoms with Crippen LogP contribution in [-0.2, 0) is 9.84 Å². The van der Waals surface area contributed by atoms with Gasteiger partial charge in [0.25, 0.3) is 0 Å². The fourth-order valence-corrected chi connectivity index (χ4v) is 5.62. The van der Waals surface area contributed by atoms with Gasteiger partial charge in [-0.25, -0.2) is 8.42 Å². The Hall–Kier alpha value is -2.01. The van der Waals surface area contributed by atoms with E-state index in [1.54, 1.807) is 54.5 Å². The quantitative estimate of drug-likeness (QED) is 0.857. The van der Waals surface area contributed by atoms with Gasteiger partial charge < -0.3 is 10.2 Å². The zero-order valence-corrected chi connectivity index (χ0v) is 16.0. The Kier molecular flexibility index (Phi) is 4.44. The highest BCUT2D eigenvalue weighted by molar-refractivity contribution is 7.91. The fourth-order valence-electron chi connectivity index (χ4n) is 3.38. The van der Waals surface area contributed by atoms with Crippen molar-refractivity contribution in [3.05, 3.63) is 45.0 Å². The van der Waals surface area contributed by atoms with Gasteiger partial charge in [0.15, 0.2) is 0 Å². The third kappa shape index (κ3) is 2.47. The molecule has 0 saturated carbocycles. The lowest BCUT2D eigenvalue weighted by molar-refractivity contribution is 0.462. The first-order valence-electron chi connectivity index (χ1n) is 7.77. The van der Waals surface area contributed by atoms with Crippen LogP contribution in [0.5, 0.6) is 11.5 Å². The van der Waals surface area contributed by atoms with Gasteiger partial charge in [-0.2, -0.15) is 0 Å². The van der Waals surface area contributed by atoms with E-state index in [2.05, 4.69) is 0 Å². The van der Waals surface area contributed by atoms with Crippen molar-refractivity contribution in [1.82, 2.24) is 0 Å². The van der Waals surface area contributed by atoms with E-state index < -0.39 is 9.84 Å². The van der Waals surface area contributed by atoms with E-state index in [1.807, 2.05) is 0 Å². The van der Waals surface area contributed by atoms with E-state index in [0.717, 1.165) is 5.56 Å². The molecule has 24 heavy (non-hydrogen) atoms. The summed E-state index contributed by atoms with van der Waals surface area (Å²) < 4.78 is 26.7. The highest BCUT2D eigenvalue weighted by atomic mass is 32.2. The second-order valence-corrected chi connectivity index (χ2v) is 8.32. The molecule has 0 atom stereocenters. The standard InChI is InChI=1S/C19H24O4S/c1-9-8-10(2)18(14(6)16(9)20)24(22,23)19-13(5)11(3)12(4)17(21)15(19)7/h8,20-21H,1-7H3. The van der Waals surface area contributed by atoms with Gasteiger partial charge in [0.1, 0.15) is 11.5 Å². The van der Waals surface area contributed by atoms with Crippen LogP contribution in [0.25, 0.3) is 0 Å². The van der Waals surface area contributed by atoms with E-state index in [9.17, 15) is 18.6 Å². The average molecular weight is 348 g/mol. The molecule has 4 nitrogen and oxygen atoms in total. The van der Waals surface area contributed by atoms with Gasteiger partial charge in [-0.15, -0.1) is 0 Å². The maximum atomic E-state index is 13.4. The minimum absolute atomic E-state index is 0.00307. The van der Waals surface area contributed by atoms with E-state index in [-0.39, 0.29) is 21.3 Å². The van der Waals surface area contributed by atoms with Crippen molar-refractivity contribution in [2.75, 3.05) is 0 Å². The Bertz CT molecular complexity index is 925. The average Bonchev–Trinajstić information content (AvgIpc) is 2.48. The van der Waals surface area contributed by atoms with Crippen LogP contribution < -0.4 is 0 Å².